The molecule has 0 saturated heterocycles. The van der Waals surface area contributed by atoms with E-state index in [2.05, 4.69) is 30.3 Å². The molecule has 4 heteroatoms. The van der Waals surface area contributed by atoms with Crippen LogP contribution in [0.1, 0.15) is 43.1 Å². The standard InChI is InChI=1S/C16H20N4/c1-4-13(3)20-9-8-14(19-20)11-18-16-7-5-6-12(2)15(16)10-17/h5-9,13,18H,4,11H2,1-3H3. The Morgan fingerprint density at radius 3 is 2.90 bits per heavy atom. The Kier molecular flexibility index (Phi) is 4.41. The minimum absolute atomic E-state index is 0.414. The van der Waals surface area contributed by atoms with Gasteiger partial charge in [-0.1, -0.05) is 19.1 Å². The van der Waals surface area contributed by atoms with E-state index in [4.69, 9.17) is 0 Å². The van der Waals surface area contributed by atoms with Gasteiger partial charge >= 0.3 is 0 Å². The third-order valence-corrected chi connectivity index (χ3v) is 3.55. The third kappa shape index (κ3) is 3.00. The van der Waals surface area contributed by atoms with E-state index in [9.17, 15) is 5.26 Å². The van der Waals surface area contributed by atoms with Crippen LogP contribution in [0.15, 0.2) is 30.5 Å². The van der Waals surface area contributed by atoms with Gasteiger partial charge in [0.2, 0.25) is 0 Å². The van der Waals surface area contributed by atoms with Gasteiger partial charge in [-0.05, 0) is 38.0 Å². The zero-order chi connectivity index (χ0) is 14.5. The number of nitrogens with one attached hydrogen (secondary N) is 1. The van der Waals surface area contributed by atoms with Crippen molar-refractivity contribution in [3.05, 3.63) is 47.3 Å². The predicted octanol–water partition coefficient (Wildman–Crippen LogP) is 3.65. The summed E-state index contributed by atoms with van der Waals surface area (Å²) in [6, 6.07) is 10.5. The molecular weight excluding hydrogens is 248 g/mol. The van der Waals surface area contributed by atoms with E-state index < -0.39 is 0 Å². The first-order valence-electron chi connectivity index (χ1n) is 6.93. The largest absolute Gasteiger partial charge is 0.378 e. The van der Waals surface area contributed by atoms with Crippen molar-refractivity contribution >= 4 is 5.69 Å². The summed E-state index contributed by atoms with van der Waals surface area (Å²) in [5.74, 6) is 0. The molecule has 1 heterocycles. The molecule has 1 atom stereocenters. The molecule has 0 aliphatic rings. The number of nitrogens with zero attached hydrogens (tertiary/aromatic N) is 3. The molecule has 0 bridgehead atoms. The van der Waals surface area contributed by atoms with Gasteiger partial charge in [0.25, 0.3) is 0 Å². The van der Waals surface area contributed by atoms with Crippen molar-refractivity contribution in [3.63, 3.8) is 0 Å². The summed E-state index contributed by atoms with van der Waals surface area (Å²) in [4.78, 5) is 0. The highest BCUT2D eigenvalue weighted by Crippen LogP contribution is 2.19. The third-order valence-electron chi connectivity index (χ3n) is 3.55. The predicted molar refractivity (Wildman–Crippen MR) is 80.4 cm³/mol. The maximum absolute atomic E-state index is 9.20. The van der Waals surface area contributed by atoms with Gasteiger partial charge in [-0.3, -0.25) is 4.68 Å². The molecule has 1 aromatic carbocycles. The van der Waals surface area contributed by atoms with Crippen LogP contribution in [0.2, 0.25) is 0 Å². The Morgan fingerprint density at radius 1 is 1.40 bits per heavy atom. The van der Waals surface area contributed by atoms with Gasteiger partial charge in [-0.2, -0.15) is 10.4 Å². The molecule has 0 aliphatic carbocycles. The summed E-state index contributed by atoms with van der Waals surface area (Å²) < 4.78 is 1.98. The number of hydrogen-bond donors (Lipinski definition) is 1. The Hall–Kier alpha value is -2.28. The molecule has 1 unspecified atom stereocenters. The van der Waals surface area contributed by atoms with Crippen LogP contribution in [0.25, 0.3) is 0 Å². The zero-order valence-corrected chi connectivity index (χ0v) is 12.2. The van der Waals surface area contributed by atoms with Gasteiger partial charge in [-0.25, -0.2) is 0 Å². The van der Waals surface area contributed by atoms with Gasteiger partial charge in [0.05, 0.1) is 23.5 Å². The highest BCUT2D eigenvalue weighted by molar-refractivity contribution is 5.60. The molecule has 0 spiro atoms. The van der Waals surface area contributed by atoms with Crippen LogP contribution >= 0.6 is 0 Å². The topological polar surface area (TPSA) is 53.6 Å². The summed E-state index contributed by atoms with van der Waals surface area (Å²) in [5.41, 5.74) is 3.54. The van der Waals surface area contributed by atoms with Crippen LogP contribution in [0.4, 0.5) is 5.69 Å². The lowest BCUT2D eigenvalue weighted by Gasteiger charge is -2.10. The number of nitriles is 1. The number of benzene rings is 1. The molecule has 0 fully saturated rings. The van der Waals surface area contributed by atoms with Crippen LogP contribution in [0.5, 0.6) is 0 Å². The molecule has 0 saturated carbocycles. The van der Waals surface area contributed by atoms with Crippen LogP contribution in [0.3, 0.4) is 0 Å². The maximum atomic E-state index is 9.20. The Balaban J connectivity index is 2.08. The van der Waals surface area contributed by atoms with Gasteiger partial charge in [0, 0.05) is 12.2 Å². The molecule has 2 aromatic rings. The van der Waals surface area contributed by atoms with Crippen molar-refractivity contribution in [2.45, 2.75) is 39.8 Å². The Bertz CT molecular complexity index is 622. The molecule has 4 nitrogen and oxygen atoms in total. The smallest absolute Gasteiger partial charge is 0.102 e. The number of aromatic nitrogens is 2. The van der Waals surface area contributed by atoms with E-state index in [1.165, 1.54) is 0 Å². The fraction of sp³-hybridized carbons (Fsp3) is 0.375. The van der Waals surface area contributed by atoms with Crippen LogP contribution < -0.4 is 5.32 Å². The molecule has 1 N–H and O–H groups in total. The molecule has 0 aliphatic heterocycles. The van der Waals surface area contributed by atoms with Crippen molar-refractivity contribution in [1.29, 1.82) is 5.26 Å². The van der Waals surface area contributed by atoms with Crippen molar-refractivity contribution in [2.24, 2.45) is 0 Å². The van der Waals surface area contributed by atoms with Gasteiger partial charge in [-0.15, -0.1) is 0 Å². The number of anilines is 1. The fourth-order valence-corrected chi connectivity index (χ4v) is 2.05. The maximum Gasteiger partial charge on any atom is 0.102 e. The SMILES string of the molecule is CCC(C)n1ccc(CNc2cccc(C)c2C#N)n1. The highest BCUT2D eigenvalue weighted by atomic mass is 15.3. The molecular formula is C16H20N4. The average Bonchev–Trinajstić information content (AvgIpc) is 2.93. The summed E-state index contributed by atoms with van der Waals surface area (Å²) in [6.45, 7) is 6.87. The molecule has 2 rings (SSSR count). The van der Waals surface area contributed by atoms with Crippen molar-refractivity contribution in [3.8, 4) is 6.07 Å². The van der Waals surface area contributed by atoms with Crippen LogP contribution in [-0.4, -0.2) is 9.78 Å². The average molecular weight is 268 g/mol. The van der Waals surface area contributed by atoms with Crippen LogP contribution in [0, 0.1) is 18.3 Å². The molecule has 0 radical (unpaired) electrons. The number of aryl methyl sites for hydroxylation is 1. The van der Waals surface area contributed by atoms with Crippen molar-refractivity contribution in [2.75, 3.05) is 5.32 Å². The summed E-state index contributed by atoms with van der Waals surface area (Å²) in [7, 11) is 0. The zero-order valence-electron chi connectivity index (χ0n) is 12.2. The van der Waals surface area contributed by atoms with Crippen molar-refractivity contribution < 1.29 is 0 Å². The first-order chi connectivity index (χ1) is 9.65. The lowest BCUT2D eigenvalue weighted by Crippen LogP contribution is -2.07. The molecule has 1 aromatic heterocycles. The first kappa shape index (κ1) is 14.1. The van der Waals surface area contributed by atoms with Gasteiger partial charge < -0.3 is 5.32 Å². The molecule has 20 heavy (non-hydrogen) atoms. The Morgan fingerprint density at radius 2 is 2.20 bits per heavy atom. The summed E-state index contributed by atoms with van der Waals surface area (Å²) in [5, 5.41) is 17.0. The van der Waals surface area contributed by atoms with E-state index in [0.717, 1.165) is 23.4 Å². The molecule has 0 amide bonds. The second-order valence-electron chi connectivity index (χ2n) is 5.01. The number of hydrogen-bond acceptors (Lipinski definition) is 3. The summed E-state index contributed by atoms with van der Waals surface area (Å²) >= 11 is 0. The monoisotopic (exact) mass is 268 g/mol. The van der Waals surface area contributed by atoms with E-state index in [-0.39, 0.29) is 0 Å². The van der Waals surface area contributed by atoms with E-state index in [0.29, 0.717) is 18.2 Å². The van der Waals surface area contributed by atoms with Gasteiger partial charge in [0.1, 0.15) is 6.07 Å². The minimum atomic E-state index is 0.414. The fourth-order valence-electron chi connectivity index (χ4n) is 2.05. The normalized spacial score (nSPS) is 11.9. The van der Waals surface area contributed by atoms with E-state index >= 15 is 0 Å². The second-order valence-corrected chi connectivity index (χ2v) is 5.01. The summed E-state index contributed by atoms with van der Waals surface area (Å²) in [6.07, 6.45) is 3.07. The quantitative estimate of drug-likeness (QED) is 0.900. The lowest BCUT2D eigenvalue weighted by molar-refractivity contribution is 0.474. The second kappa shape index (κ2) is 6.25. The number of rotatable bonds is 5. The molecule has 104 valence electrons. The minimum Gasteiger partial charge on any atom is -0.378 e. The van der Waals surface area contributed by atoms with Crippen LogP contribution in [-0.2, 0) is 6.54 Å². The Labute approximate surface area is 120 Å². The van der Waals surface area contributed by atoms with E-state index in [1.807, 2.05) is 42.1 Å². The van der Waals surface area contributed by atoms with Crippen molar-refractivity contribution in [1.82, 2.24) is 9.78 Å². The lowest BCUT2D eigenvalue weighted by atomic mass is 10.1. The van der Waals surface area contributed by atoms with Gasteiger partial charge in [0.15, 0.2) is 0 Å². The first-order valence-corrected chi connectivity index (χ1v) is 6.93. The van der Waals surface area contributed by atoms with E-state index in [1.54, 1.807) is 0 Å². The highest BCUT2D eigenvalue weighted by Gasteiger charge is 2.07.